The fourth-order valence-corrected chi connectivity index (χ4v) is 3.61. The minimum Gasteiger partial charge on any atom is -0.459 e. The zero-order chi connectivity index (χ0) is 14.9. The Balaban J connectivity index is 1.54. The molecule has 0 bridgehead atoms. The van der Waals surface area contributed by atoms with Gasteiger partial charge in [0.25, 0.3) is 0 Å². The predicted octanol–water partition coefficient (Wildman–Crippen LogP) is 3.57. The van der Waals surface area contributed by atoms with Gasteiger partial charge >= 0.3 is 5.97 Å². The summed E-state index contributed by atoms with van der Waals surface area (Å²) in [6, 6.07) is 4.79. The van der Waals surface area contributed by atoms with Gasteiger partial charge in [-0.2, -0.15) is 0 Å². The van der Waals surface area contributed by atoms with Crippen molar-refractivity contribution in [1.29, 1.82) is 0 Å². The van der Waals surface area contributed by atoms with E-state index in [9.17, 15) is 4.79 Å². The molecule has 2 fully saturated rings. The maximum Gasteiger partial charge on any atom is 0.339 e. The number of benzene rings is 1. The second kappa shape index (κ2) is 5.85. The van der Waals surface area contributed by atoms with Crippen molar-refractivity contribution in [2.75, 3.05) is 12.3 Å². The summed E-state index contributed by atoms with van der Waals surface area (Å²) in [7, 11) is 0. The van der Waals surface area contributed by atoms with Crippen LogP contribution in [-0.2, 0) is 9.47 Å². The van der Waals surface area contributed by atoms with E-state index in [0.717, 1.165) is 25.7 Å². The van der Waals surface area contributed by atoms with Gasteiger partial charge in [-0.3, -0.25) is 0 Å². The van der Waals surface area contributed by atoms with E-state index in [1.54, 1.807) is 18.2 Å². The molecule has 1 aliphatic carbocycles. The largest absolute Gasteiger partial charge is 0.459 e. The Morgan fingerprint density at radius 2 is 2.14 bits per heavy atom. The molecule has 1 heterocycles. The Hall–Kier alpha value is -1.26. The van der Waals surface area contributed by atoms with Gasteiger partial charge in [0.2, 0.25) is 0 Å². The Labute approximate surface area is 129 Å². The van der Waals surface area contributed by atoms with Crippen molar-refractivity contribution in [2.45, 2.75) is 50.2 Å². The molecule has 1 spiro atoms. The first-order valence-corrected chi connectivity index (χ1v) is 7.86. The van der Waals surface area contributed by atoms with Crippen LogP contribution in [0, 0.1) is 0 Å². The van der Waals surface area contributed by atoms with Crippen molar-refractivity contribution < 1.29 is 14.3 Å². The summed E-state index contributed by atoms with van der Waals surface area (Å²) in [5.74, 6) is -0.420. The van der Waals surface area contributed by atoms with Crippen LogP contribution in [0.15, 0.2) is 18.2 Å². The van der Waals surface area contributed by atoms with Crippen LogP contribution in [0.3, 0.4) is 0 Å². The van der Waals surface area contributed by atoms with E-state index in [0.29, 0.717) is 22.9 Å². The number of halogens is 1. The average molecular weight is 310 g/mol. The average Bonchev–Trinajstić information content (AvgIpc) is 3.07. The van der Waals surface area contributed by atoms with Crippen LogP contribution in [0.5, 0.6) is 0 Å². The summed E-state index contributed by atoms with van der Waals surface area (Å²) in [4.78, 5) is 12.0. The van der Waals surface area contributed by atoms with Gasteiger partial charge in [-0.05, 0) is 43.9 Å². The highest BCUT2D eigenvalue weighted by Gasteiger charge is 2.42. The van der Waals surface area contributed by atoms with Crippen molar-refractivity contribution in [3.05, 3.63) is 28.8 Å². The maximum atomic E-state index is 12.0. The topological polar surface area (TPSA) is 61.6 Å². The van der Waals surface area contributed by atoms with Crippen LogP contribution >= 0.6 is 11.6 Å². The molecule has 1 aromatic carbocycles. The fraction of sp³-hybridized carbons (Fsp3) is 0.562. The van der Waals surface area contributed by atoms with Crippen LogP contribution in [0.1, 0.15) is 48.9 Å². The lowest BCUT2D eigenvalue weighted by Gasteiger charge is -2.23. The van der Waals surface area contributed by atoms with Crippen molar-refractivity contribution >= 4 is 23.3 Å². The van der Waals surface area contributed by atoms with Crippen LogP contribution in [0.25, 0.3) is 0 Å². The number of rotatable bonds is 3. The molecule has 0 amide bonds. The highest BCUT2D eigenvalue weighted by atomic mass is 35.5. The van der Waals surface area contributed by atoms with Gasteiger partial charge in [-0.1, -0.05) is 24.4 Å². The van der Waals surface area contributed by atoms with Crippen LogP contribution in [0.4, 0.5) is 5.69 Å². The highest BCUT2D eigenvalue weighted by molar-refractivity contribution is 6.33. The maximum absolute atomic E-state index is 12.0. The van der Waals surface area contributed by atoms with Crippen molar-refractivity contribution in [3.8, 4) is 0 Å². The van der Waals surface area contributed by atoms with E-state index in [1.807, 2.05) is 0 Å². The number of nitrogen functional groups attached to an aromatic ring is 1. The Morgan fingerprint density at radius 1 is 1.38 bits per heavy atom. The third-order valence-electron chi connectivity index (χ3n) is 4.47. The molecule has 1 aromatic rings. The Kier molecular flexibility index (Phi) is 4.09. The zero-order valence-electron chi connectivity index (χ0n) is 11.9. The minimum absolute atomic E-state index is 0.0135. The molecule has 1 saturated carbocycles. The number of ether oxygens (including phenoxy) is 2. The van der Waals surface area contributed by atoms with Crippen LogP contribution < -0.4 is 5.73 Å². The highest BCUT2D eigenvalue weighted by Crippen LogP contribution is 2.43. The fourth-order valence-electron chi connectivity index (χ4n) is 3.34. The molecule has 1 aliphatic heterocycles. The summed E-state index contributed by atoms with van der Waals surface area (Å²) < 4.78 is 11.5. The van der Waals surface area contributed by atoms with E-state index in [4.69, 9.17) is 26.8 Å². The zero-order valence-corrected chi connectivity index (χ0v) is 12.7. The van der Waals surface area contributed by atoms with Crippen LogP contribution in [-0.4, -0.2) is 24.3 Å². The second-order valence-corrected chi connectivity index (χ2v) is 6.41. The van der Waals surface area contributed by atoms with Crippen LogP contribution in [0.2, 0.25) is 5.02 Å². The van der Waals surface area contributed by atoms with E-state index in [1.165, 1.54) is 12.8 Å². The Bertz CT molecular complexity index is 540. The summed E-state index contributed by atoms with van der Waals surface area (Å²) in [5, 5.41) is 0.319. The van der Waals surface area contributed by atoms with Gasteiger partial charge in [0.05, 0.1) is 22.3 Å². The normalized spacial score (nSPS) is 23.6. The summed E-state index contributed by atoms with van der Waals surface area (Å²) >= 11 is 6.01. The first-order valence-electron chi connectivity index (χ1n) is 7.48. The van der Waals surface area contributed by atoms with Gasteiger partial charge in [-0.25, -0.2) is 4.79 Å². The predicted molar refractivity (Wildman–Crippen MR) is 81.5 cm³/mol. The van der Waals surface area contributed by atoms with E-state index >= 15 is 0 Å². The molecule has 2 N–H and O–H groups in total. The number of esters is 1. The lowest BCUT2D eigenvalue weighted by molar-refractivity contribution is -0.0598. The van der Waals surface area contributed by atoms with Gasteiger partial charge in [0.15, 0.2) is 0 Å². The lowest BCUT2D eigenvalue weighted by atomic mass is 9.98. The molecular formula is C16H20ClNO3. The molecule has 5 heteroatoms. The quantitative estimate of drug-likeness (QED) is 0.685. The molecule has 2 aliphatic rings. The van der Waals surface area contributed by atoms with E-state index < -0.39 is 5.97 Å². The molecule has 1 saturated heterocycles. The molecule has 1 atom stereocenters. The van der Waals surface area contributed by atoms with E-state index in [2.05, 4.69) is 0 Å². The SMILES string of the molecule is Nc1ccc(C(=O)OCC2CCC3(CCCC3)O2)c(Cl)c1. The molecule has 21 heavy (non-hydrogen) atoms. The Morgan fingerprint density at radius 3 is 2.86 bits per heavy atom. The van der Waals surface area contributed by atoms with Gasteiger partial charge < -0.3 is 15.2 Å². The number of carbonyl (C=O) groups is 1. The van der Waals surface area contributed by atoms with Crippen molar-refractivity contribution in [1.82, 2.24) is 0 Å². The van der Waals surface area contributed by atoms with Crippen molar-refractivity contribution in [3.63, 3.8) is 0 Å². The van der Waals surface area contributed by atoms with Gasteiger partial charge in [-0.15, -0.1) is 0 Å². The summed E-state index contributed by atoms with van der Waals surface area (Å²) in [6.07, 6.45) is 6.82. The smallest absolute Gasteiger partial charge is 0.339 e. The monoisotopic (exact) mass is 309 g/mol. The summed E-state index contributed by atoms with van der Waals surface area (Å²) in [5.41, 5.74) is 6.55. The molecule has 4 nitrogen and oxygen atoms in total. The first-order chi connectivity index (χ1) is 10.1. The molecule has 0 aromatic heterocycles. The second-order valence-electron chi connectivity index (χ2n) is 6.01. The van der Waals surface area contributed by atoms with E-state index in [-0.39, 0.29) is 11.7 Å². The number of carbonyl (C=O) groups excluding carboxylic acids is 1. The first kappa shape index (κ1) is 14.7. The molecule has 3 rings (SSSR count). The molecule has 1 unspecified atom stereocenters. The number of nitrogens with two attached hydrogens (primary N) is 1. The molecular weight excluding hydrogens is 290 g/mol. The standard InChI is InChI=1S/C16H20ClNO3/c17-14-9-11(18)3-4-13(14)15(19)20-10-12-5-8-16(21-12)6-1-2-7-16/h3-4,9,12H,1-2,5-8,10,18H2. The van der Waals surface area contributed by atoms with Gasteiger partial charge in [0, 0.05) is 5.69 Å². The van der Waals surface area contributed by atoms with Gasteiger partial charge in [0.1, 0.15) is 6.61 Å². The lowest BCUT2D eigenvalue weighted by Crippen LogP contribution is -2.27. The minimum atomic E-state index is -0.420. The number of hydrogen-bond acceptors (Lipinski definition) is 4. The number of anilines is 1. The molecule has 114 valence electrons. The van der Waals surface area contributed by atoms with Crippen molar-refractivity contribution in [2.24, 2.45) is 0 Å². The third-order valence-corrected chi connectivity index (χ3v) is 4.78. The summed E-state index contributed by atoms with van der Waals surface area (Å²) in [6.45, 7) is 0.293. The molecule has 0 radical (unpaired) electrons. The number of hydrogen-bond donors (Lipinski definition) is 1. The third kappa shape index (κ3) is 3.16.